The van der Waals surface area contributed by atoms with Crippen LogP contribution in [0.2, 0.25) is 0 Å². The van der Waals surface area contributed by atoms with Crippen molar-refractivity contribution in [2.75, 3.05) is 6.73 Å². The molecule has 1 rings (SSSR count). The minimum atomic E-state index is 0. The highest BCUT2D eigenvalue weighted by Gasteiger charge is 1.83. The lowest BCUT2D eigenvalue weighted by molar-refractivity contribution is 0.329. The number of para-hydroxylation sites is 1. The first-order chi connectivity index (χ1) is 4.43. The zero-order chi connectivity index (χ0) is 6.53. The monoisotopic (exact) mass is 203 g/mol. The molecule has 0 aliphatic carbocycles. The van der Waals surface area contributed by atoms with Crippen molar-refractivity contribution in [3.05, 3.63) is 30.3 Å². The molecule has 56 valence electrons. The lowest BCUT2D eigenvalue weighted by atomic mass is 10.3. The van der Waals surface area contributed by atoms with Crippen molar-refractivity contribution >= 4 is 17.0 Å². The van der Waals surface area contributed by atoms with E-state index in [0.717, 1.165) is 5.75 Å². The van der Waals surface area contributed by atoms with E-state index < -0.39 is 0 Å². The van der Waals surface area contributed by atoms with Crippen molar-refractivity contribution in [3.8, 4) is 5.75 Å². The van der Waals surface area contributed by atoms with Gasteiger partial charge in [0.15, 0.2) is 0 Å². The van der Waals surface area contributed by atoms with Gasteiger partial charge in [-0.25, -0.2) is 0 Å². The van der Waals surface area contributed by atoms with E-state index in [1.807, 2.05) is 30.3 Å². The van der Waals surface area contributed by atoms with Crippen LogP contribution in [0.25, 0.3) is 0 Å². The molecule has 0 spiro atoms. The van der Waals surface area contributed by atoms with E-state index in [0.29, 0.717) is 0 Å². The third kappa shape index (κ3) is 2.85. The van der Waals surface area contributed by atoms with Crippen LogP contribution >= 0.6 is 17.0 Å². The normalized spacial score (nSPS) is 8.10. The first-order valence-electron chi connectivity index (χ1n) is 2.81. The number of nitrogens with two attached hydrogens (primary N) is 1. The Labute approximate surface area is 70.8 Å². The van der Waals surface area contributed by atoms with Crippen LogP contribution in [-0.4, -0.2) is 6.73 Å². The Kier molecular flexibility index (Phi) is 4.98. The molecule has 0 aliphatic rings. The Morgan fingerprint density at radius 1 is 1.20 bits per heavy atom. The summed E-state index contributed by atoms with van der Waals surface area (Å²) in [5.41, 5.74) is 5.14. The van der Waals surface area contributed by atoms with Crippen LogP contribution in [0, 0.1) is 0 Å². The second kappa shape index (κ2) is 5.26. The molecule has 10 heavy (non-hydrogen) atoms. The Bertz CT molecular complexity index is 167. The largest absolute Gasteiger partial charge is 0.479 e. The van der Waals surface area contributed by atoms with Gasteiger partial charge in [0, 0.05) is 0 Å². The molecule has 0 amide bonds. The summed E-state index contributed by atoms with van der Waals surface area (Å²) in [5.74, 6) is 0.819. The molecule has 0 saturated carbocycles. The molecule has 1 aromatic carbocycles. The lowest BCUT2D eigenvalue weighted by Gasteiger charge is -1.98. The minimum Gasteiger partial charge on any atom is -0.479 e. The molecule has 0 aliphatic heterocycles. The highest BCUT2D eigenvalue weighted by Crippen LogP contribution is 2.06. The smallest absolute Gasteiger partial charge is 0.137 e. The van der Waals surface area contributed by atoms with Gasteiger partial charge >= 0.3 is 0 Å². The maximum absolute atomic E-state index is 5.14. The van der Waals surface area contributed by atoms with Crippen molar-refractivity contribution in [2.45, 2.75) is 0 Å². The van der Waals surface area contributed by atoms with Gasteiger partial charge in [0.1, 0.15) is 12.5 Å². The molecule has 1 aromatic rings. The molecule has 0 fully saturated rings. The molecular formula is C7H10BrNO. The molecule has 2 N–H and O–H groups in total. The van der Waals surface area contributed by atoms with Crippen LogP contribution in [0.1, 0.15) is 0 Å². The summed E-state index contributed by atoms with van der Waals surface area (Å²) >= 11 is 0. The standard InChI is InChI=1S/C7H9NO.BrH/c8-6-9-7-4-2-1-3-5-7;/h1-5H,6,8H2;1H. The van der Waals surface area contributed by atoms with Gasteiger partial charge in [-0.05, 0) is 12.1 Å². The summed E-state index contributed by atoms with van der Waals surface area (Å²) in [6, 6.07) is 9.49. The Hall–Kier alpha value is -0.540. The lowest BCUT2D eigenvalue weighted by Crippen LogP contribution is -2.06. The van der Waals surface area contributed by atoms with Crippen molar-refractivity contribution in [2.24, 2.45) is 5.73 Å². The molecule has 0 aromatic heterocycles. The second-order valence-electron chi connectivity index (χ2n) is 1.62. The van der Waals surface area contributed by atoms with Gasteiger partial charge in [0.25, 0.3) is 0 Å². The summed E-state index contributed by atoms with van der Waals surface area (Å²) in [4.78, 5) is 0. The second-order valence-corrected chi connectivity index (χ2v) is 1.62. The molecular weight excluding hydrogens is 194 g/mol. The molecule has 0 unspecified atom stereocenters. The highest BCUT2D eigenvalue weighted by atomic mass is 79.9. The third-order valence-corrected chi connectivity index (χ3v) is 0.993. The number of halogens is 1. The Morgan fingerprint density at radius 3 is 2.30 bits per heavy atom. The van der Waals surface area contributed by atoms with Gasteiger partial charge in [-0.1, -0.05) is 18.2 Å². The number of hydrogen-bond donors (Lipinski definition) is 1. The maximum Gasteiger partial charge on any atom is 0.137 e. The van der Waals surface area contributed by atoms with Crippen molar-refractivity contribution < 1.29 is 4.74 Å². The van der Waals surface area contributed by atoms with Crippen LogP contribution in [0.5, 0.6) is 5.75 Å². The van der Waals surface area contributed by atoms with Gasteiger partial charge in [0.05, 0.1) is 0 Å². The molecule has 0 atom stereocenters. The molecule has 0 saturated heterocycles. The van der Waals surface area contributed by atoms with Gasteiger partial charge in [-0.15, -0.1) is 17.0 Å². The van der Waals surface area contributed by atoms with Crippen molar-refractivity contribution in [3.63, 3.8) is 0 Å². The number of ether oxygens (including phenoxy) is 1. The fourth-order valence-electron chi connectivity index (χ4n) is 0.613. The van der Waals surface area contributed by atoms with Crippen molar-refractivity contribution in [1.82, 2.24) is 0 Å². The van der Waals surface area contributed by atoms with Crippen LogP contribution in [0.4, 0.5) is 0 Å². The van der Waals surface area contributed by atoms with Crippen molar-refractivity contribution in [1.29, 1.82) is 0 Å². The fraction of sp³-hybridized carbons (Fsp3) is 0.143. The SMILES string of the molecule is Br.NCOc1ccccc1. The topological polar surface area (TPSA) is 35.2 Å². The highest BCUT2D eigenvalue weighted by molar-refractivity contribution is 8.93. The maximum atomic E-state index is 5.14. The van der Waals surface area contributed by atoms with Gasteiger partial charge in [-0.3, -0.25) is 5.73 Å². The third-order valence-electron chi connectivity index (χ3n) is 0.993. The summed E-state index contributed by atoms with van der Waals surface area (Å²) < 4.78 is 4.98. The van der Waals surface area contributed by atoms with Gasteiger partial charge in [0.2, 0.25) is 0 Å². The zero-order valence-corrected chi connectivity index (χ0v) is 7.20. The first-order valence-corrected chi connectivity index (χ1v) is 2.81. The minimum absolute atomic E-state index is 0. The average Bonchev–Trinajstić information content (AvgIpc) is 1.91. The summed E-state index contributed by atoms with van der Waals surface area (Å²) in [6.45, 7) is 0.240. The average molecular weight is 204 g/mol. The predicted octanol–water partition coefficient (Wildman–Crippen LogP) is 1.56. The van der Waals surface area contributed by atoms with Crippen LogP contribution < -0.4 is 10.5 Å². The fourth-order valence-corrected chi connectivity index (χ4v) is 0.613. The first kappa shape index (κ1) is 9.46. The summed E-state index contributed by atoms with van der Waals surface area (Å²) in [7, 11) is 0. The van der Waals surface area contributed by atoms with E-state index in [-0.39, 0.29) is 23.7 Å². The van der Waals surface area contributed by atoms with Crippen LogP contribution in [0.3, 0.4) is 0 Å². The molecule has 0 radical (unpaired) electrons. The zero-order valence-electron chi connectivity index (χ0n) is 5.49. The number of hydrogen-bond acceptors (Lipinski definition) is 2. The molecule has 0 heterocycles. The Morgan fingerprint density at radius 2 is 1.80 bits per heavy atom. The molecule has 2 nitrogen and oxygen atoms in total. The summed E-state index contributed by atoms with van der Waals surface area (Å²) in [5, 5.41) is 0. The summed E-state index contributed by atoms with van der Waals surface area (Å²) in [6.07, 6.45) is 0. The van der Waals surface area contributed by atoms with E-state index in [2.05, 4.69) is 0 Å². The molecule has 3 heteroatoms. The van der Waals surface area contributed by atoms with Gasteiger partial charge < -0.3 is 4.74 Å². The van der Waals surface area contributed by atoms with E-state index >= 15 is 0 Å². The Balaban J connectivity index is 0.000000810. The van der Waals surface area contributed by atoms with Gasteiger partial charge in [-0.2, -0.15) is 0 Å². The van der Waals surface area contributed by atoms with E-state index in [4.69, 9.17) is 10.5 Å². The van der Waals surface area contributed by atoms with E-state index in [1.165, 1.54) is 0 Å². The van der Waals surface area contributed by atoms with Crippen LogP contribution in [0.15, 0.2) is 30.3 Å². The van der Waals surface area contributed by atoms with Crippen LogP contribution in [-0.2, 0) is 0 Å². The number of rotatable bonds is 2. The van der Waals surface area contributed by atoms with E-state index in [9.17, 15) is 0 Å². The predicted molar refractivity (Wildman–Crippen MR) is 46.4 cm³/mol. The molecule has 0 bridgehead atoms. The quantitative estimate of drug-likeness (QED) is 0.742. The number of benzene rings is 1. The van der Waals surface area contributed by atoms with E-state index in [1.54, 1.807) is 0 Å².